The molecule has 1 N–H and O–H groups in total. The third-order valence-electron chi connectivity index (χ3n) is 4.45. The number of likely N-dealkylation sites (tertiary alicyclic amines) is 1. The summed E-state index contributed by atoms with van der Waals surface area (Å²) in [6, 6.07) is 6.87. The second-order valence-electron chi connectivity index (χ2n) is 5.95. The zero-order valence-electron chi connectivity index (χ0n) is 12.5. The Morgan fingerprint density at radius 2 is 2.09 bits per heavy atom. The van der Waals surface area contributed by atoms with Crippen LogP contribution in [0.2, 0.25) is 0 Å². The van der Waals surface area contributed by atoms with Crippen molar-refractivity contribution in [1.82, 2.24) is 10.2 Å². The molecule has 1 amide bonds. The number of sulfone groups is 1. The molecule has 122 valence electrons. The van der Waals surface area contributed by atoms with Gasteiger partial charge in [-0.3, -0.25) is 4.79 Å². The van der Waals surface area contributed by atoms with Gasteiger partial charge >= 0.3 is 0 Å². The summed E-state index contributed by atoms with van der Waals surface area (Å²) in [7, 11) is -3.28. The second kappa shape index (κ2) is 6.56. The fourth-order valence-corrected chi connectivity index (χ4v) is 3.94. The first-order chi connectivity index (χ1) is 9.95. The Balaban J connectivity index is 0.00000176. The molecule has 0 radical (unpaired) electrons. The zero-order valence-corrected chi connectivity index (χ0v) is 14.1. The number of hydrogen-bond acceptors (Lipinski definition) is 4. The van der Waals surface area contributed by atoms with Crippen molar-refractivity contribution in [1.29, 1.82) is 0 Å². The normalized spacial score (nSPS) is 24.5. The smallest absolute Gasteiger partial charge is 0.253 e. The van der Waals surface area contributed by atoms with Crippen molar-refractivity contribution < 1.29 is 13.2 Å². The van der Waals surface area contributed by atoms with Gasteiger partial charge < -0.3 is 10.2 Å². The Bertz CT molecular complexity index is 663. The molecule has 2 fully saturated rings. The molecule has 1 aromatic carbocycles. The van der Waals surface area contributed by atoms with Crippen molar-refractivity contribution in [3.63, 3.8) is 0 Å². The number of carbonyl (C=O) groups is 1. The number of carbonyl (C=O) groups excluding carboxylic acids is 1. The maximum absolute atomic E-state index is 12.6. The van der Waals surface area contributed by atoms with E-state index in [4.69, 9.17) is 0 Å². The summed E-state index contributed by atoms with van der Waals surface area (Å²) in [6.07, 6.45) is 3.24. The van der Waals surface area contributed by atoms with Crippen LogP contribution in [0.1, 0.15) is 23.2 Å². The number of benzene rings is 1. The Hall–Kier alpha value is -1.11. The fraction of sp³-hybridized carbons (Fsp3) is 0.533. The monoisotopic (exact) mass is 344 g/mol. The molecule has 2 unspecified atom stereocenters. The summed E-state index contributed by atoms with van der Waals surface area (Å²) in [5.74, 6) is 0.464. The second-order valence-corrected chi connectivity index (χ2v) is 7.96. The molecule has 2 heterocycles. The van der Waals surface area contributed by atoms with Crippen LogP contribution in [0, 0.1) is 5.92 Å². The average Bonchev–Trinajstić information content (AvgIpc) is 2.93. The van der Waals surface area contributed by atoms with Crippen LogP contribution in [0.15, 0.2) is 29.2 Å². The van der Waals surface area contributed by atoms with Gasteiger partial charge in [0.05, 0.1) is 4.90 Å². The van der Waals surface area contributed by atoms with Crippen molar-refractivity contribution in [2.45, 2.75) is 23.8 Å². The van der Waals surface area contributed by atoms with Crippen LogP contribution >= 0.6 is 12.4 Å². The van der Waals surface area contributed by atoms with Crippen molar-refractivity contribution in [2.24, 2.45) is 5.92 Å². The van der Waals surface area contributed by atoms with E-state index >= 15 is 0 Å². The lowest BCUT2D eigenvalue weighted by molar-refractivity contribution is 0.0662. The molecule has 2 atom stereocenters. The molecule has 2 aliphatic rings. The van der Waals surface area contributed by atoms with Crippen LogP contribution in [0.25, 0.3) is 0 Å². The summed E-state index contributed by atoms with van der Waals surface area (Å²) in [5.41, 5.74) is 0.460. The highest BCUT2D eigenvalue weighted by molar-refractivity contribution is 7.90. The van der Waals surface area contributed by atoms with Gasteiger partial charge in [0.1, 0.15) is 0 Å². The van der Waals surface area contributed by atoms with Crippen molar-refractivity contribution in [3.05, 3.63) is 29.8 Å². The van der Waals surface area contributed by atoms with Gasteiger partial charge in [0.15, 0.2) is 9.84 Å². The first-order valence-electron chi connectivity index (χ1n) is 7.28. The van der Waals surface area contributed by atoms with Gasteiger partial charge in [-0.1, -0.05) is 6.07 Å². The number of halogens is 1. The highest BCUT2D eigenvalue weighted by atomic mass is 35.5. The molecular weight excluding hydrogens is 324 g/mol. The number of rotatable bonds is 2. The van der Waals surface area contributed by atoms with E-state index in [9.17, 15) is 13.2 Å². The van der Waals surface area contributed by atoms with Crippen LogP contribution < -0.4 is 5.32 Å². The van der Waals surface area contributed by atoms with Crippen LogP contribution in [-0.4, -0.2) is 51.2 Å². The van der Waals surface area contributed by atoms with Crippen LogP contribution in [-0.2, 0) is 9.84 Å². The van der Waals surface area contributed by atoms with Crippen molar-refractivity contribution >= 4 is 28.2 Å². The summed E-state index contributed by atoms with van der Waals surface area (Å²) in [5, 5.41) is 3.47. The molecule has 0 aliphatic carbocycles. The van der Waals surface area contributed by atoms with Gasteiger partial charge in [0, 0.05) is 31.0 Å². The minimum atomic E-state index is -3.28. The summed E-state index contributed by atoms with van der Waals surface area (Å²) >= 11 is 0. The molecule has 0 spiro atoms. The minimum Gasteiger partial charge on any atom is -0.338 e. The quantitative estimate of drug-likeness (QED) is 0.879. The largest absolute Gasteiger partial charge is 0.338 e. The lowest BCUT2D eigenvalue weighted by atomic mass is 9.93. The van der Waals surface area contributed by atoms with Gasteiger partial charge in [0.2, 0.25) is 0 Å². The van der Waals surface area contributed by atoms with E-state index in [-0.39, 0.29) is 23.2 Å². The molecule has 3 rings (SSSR count). The van der Waals surface area contributed by atoms with E-state index < -0.39 is 9.84 Å². The van der Waals surface area contributed by atoms with E-state index in [0.29, 0.717) is 17.5 Å². The highest BCUT2D eigenvalue weighted by Crippen LogP contribution is 2.25. The first-order valence-corrected chi connectivity index (χ1v) is 9.17. The van der Waals surface area contributed by atoms with Gasteiger partial charge in [-0.15, -0.1) is 12.4 Å². The van der Waals surface area contributed by atoms with E-state index in [0.717, 1.165) is 38.7 Å². The van der Waals surface area contributed by atoms with Crippen molar-refractivity contribution in [2.75, 3.05) is 25.9 Å². The lowest BCUT2D eigenvalue weighted by Gasteiger charge is -2.35. The van der Waals surface area contributed by atoms with Crippen LogP contribution in [0.4, 0.5) is 0 Å². The number of hydrogen-bond donors (Lipinski definition) is 1. The Kier molecular flexibility index (Phi) is 5.14. The predicted octanol–water partition coefficient (Wildman–Crippen LogP) is 1.34. The Morgan fingerprint density at radius 1 is 1.32 bits per heavy atom. The molecule has 22 heavy (non-hydrogen) atoms. The Labute approximate surface area is 137 Å². The number of nitrogens with one attached hydrogen (secondary N) is 1. The van der Waals surface area contributed by atoms with Crippen LogP contribution in [0.5, 0.6) is 0 Å². The van der Waals surface area contributed by atoms with E-state index in [1.807, 2.05) is 4.90 Å². The number of nitrogens with zero attached hydrogens (tertiary/aromatic N) is 1. The third kappa shape index (κ3) is 3.45. The molecule has 0 aromatic heterocycles. The summed E-state index contributed by atoms with van der Waals surface area (Å²) in [4.78, 5) is 14.6. The molecule has 2 saturated heterocycles. The molecule has 0 bridgehead atoms. The molecular formula is C15H21ClN2O3S. The van der Waals surface area contributed by atoms with E-state index in [1.165, 1.54) is 12.1 Å². The maximum atomic E-state index is 12.6. The molecule has 2 aliphatic heterocycles. The maximum Gasteiger partial charge on any atom is 0.253 e. The topological polar surface area (TPSA) is 66.5 Å². The summed E-state index contributed by atoms with van der Waals surface area (Å²) < 4.78 is 23.2. The van der Waals surface area contributed by atoms with Crippen LogP contribution in [0.3, 0.4) is 0 Å². The fourth-order valence-electron chi connectivity index (χ4n) is 3.27. The zero-order chi connectivity index (χ0) is 15.0. The Morgan fingerprint density at radius 3 is 2.82 bits per heavy atom. The van der Waals surface area contributed by atoms with Crippen molar-refractivity contribution in [3.8, 4) is 0 Å². The van der Waals surface area contributed by atoms with E-state index in [1.54, 1.807) is 12.1 Å². The molecule has 7 heteroatoms. The first kappa shape index (κ1) is 17.2. The minimum absolute atomic E-state index is 0. The van der Waals surface area contributed by atoms with Gasteiger partial charge in [-0.25, -0.2) is 8.42 Å². The third-order valence-corrected chi connectivity index (χ3v) is 5.56. The SMILES string of the molecule is CS(=O)(=O)c1cccc(C(=O)N2CCC3NCCC3C2)c1.Cl. The average molecular weight is 345 g/mol. The molecule has 1 aromatic rings. The predicted molar refractivity (Wildman–Crippen MR) is 87.2 cm³/mol. The lowest BCUT2D eigenvalue weighted by Crippen LogP contribution is -2.46. The number of fused-ring (bicyclic) bond motifs is 1. The summed E-state index contributed by atoms with van der Waals surface area (Å²) in [6.45, 7) is 2.52. The van der Waals surface area contributed by atoms with Gasteiger partial charge in [-0.2, -0.15) is 0 Å². The number of piperidine rings is 1. The molecule has 5 nitrogen and oxygen atoms in total. The standard InChI is InChI=1S/C15H20N2O3S.ClH/c1-21(19,20)13-4-2-3-11(9-13)15(18)17-8-6-14-12(10-17)5-7-16-14;/h2-4,9,12,14,16H,5-8,10H2,1H3;1H. The highest BCUT2D eigenvalue weighted by Gasteiger charge is 2.34. The van der Waals surface area contributed by atoms with E-state index in [2.05, 4.69) is 5.32 Å². The number of amides is 1. The molecule has 0 saturated carbocycles. The van der Waals surface area contributed by atoms with Gasteiger partial charge in [0.25, 0.3) is 5.91 Å². The van der Waals surface area contributed by atoms with Gasteiger partial charge in [-0.05, 0) is 43.5 Å².